The van der Waals surface area contributed by atoms with Crippen molar-refractivity contribution in [2.24, 2.45) is 5.73 Å². The number of hydrogen-bond acceptors (Lipinski definition) is 8. The Morgan fingerprint density at radius 2 is 1.83 bits per heavy atom. The first-order valence-corrected chi connectivity index (χ1v) is 7.65. The van der Waals surface area contributed by atoms with Gasteiger partial charge in [-0.3, -0.25) is 4.79 Å². The fourth-order valence-corrected chi connectivity index (χ4v) is 2.77. The lowest BCUT2D eigenvalue weighted by atomic mass is 10.00. The molecule has 2 saturated heterocycles. The maximum atomic E-state index is 12.1. The molecule has 23 heavy (non-hydrogen) atoms. The molecule has 0 aromatic carbocycles. The van der Waals surface area contributed by atoms with Crippen molar-refractivity contribution in [1.82, 2.24) is 0 Å². The number of rotatable bonds is 4. The van der Waals surface area contributed by atoms with E-state index in [1.165, 1.54) is 7.11 Å². The SMILES string of the molecule is CO[C@@H]1O[C@H](C(O)C(N)C(=O)OC(C)(C)C)[C@H]2OC(C)(C)O[C@@H]12. The fraction of sp³-hybridized carbons (Fsp3) is 0.933. The number of carbonyl (C=O) groups is 1. The van der Waals surface area contributed by atoms with Gasteiger partial charge in [-0.2, -0.15) is 0 Å². The molecule has 2 aliphatic heterocycles. The number of nitrogens with two attached hydrogens (primary N) is 1. The normalized spacial score (nSPS) is 35.7. The molecule has 2 rings (SSSR count). The molecule has 6 atom stereocenters. The third kappa shape index (κ3) is 4.01. The van der Waals surface area contributed by atoms with E-state index in [4.69, 9.17) is 29.4 Å². The summed E-state index contributed by atoms with van der Waals surface area (Å²) in [5, 5.41) is 10.5. The van der Waals surface area contributed by atoms with E-state index in [9.17, 15) is 9.90 Å². The highest BCUT2D eigenvalue weighted by atomic mass is 16.8. The Balaban J connectivity index is 2.09. The first kappa shape index (κ1) is 18.6. The Hall–Kier alpha value is -0.770. The molecule has 8 heteroatoms. The number of methoxy groups -OCH3 is 1. The second-order valence-corrected chi connectivity index (χ2v) is 7.32. The van der Waals surface area contributed by atoms with Gasteiger partial charge in [0.2, 0.25) is 0 Å². The molecule has 2 fully saturated rings. The Morgan fingerprint density at radius 1 is 1.26 bits per heavy atom. The van der Waals surface area contributed by atoms with Gasteiger partial charge in [-0.1, -0.05) is 0 Å². The van der Waals surface area contributed by atoms with Crippen LogP contribution >= 0.6 is 0 Å². The van der Waals surface area contributed by atoms with Crippen molar-refractivity contribution < 1.29 is 33.6 Å². The van der Waals surface area contributed by atoms with Crippen LogP contribution in [-0.2, 0) is 28.5 Å². The van der Waals surface area contributed by atoms with Gasteiger partial charge in [-0.05, 0) is 34.6 Å². The molecule has 8 nitrogen and oxygen atoms in total. The smallest absolute Gasteiger partial charge is 0.326 e. The maximum Gasteiger partial charge on any atom is 0.326 e. The van der Waals surface area contributed by atoms with Gasteiger partial charge >= 0.3 is 5.97 Å². The Kier molecular flexibility index (Phi) is 5.06. The Labute approximate surface area is 136 Å². The van der Waals surface area contributed by atoms with Crippen LogP contribution in [0.1, 0.15) is 34.6 Å². The molecule has 0 aromatic rings. The molecule has 0 aliphatic carbocycles. The summed E-state index contributed by atoms with van der Waals surface area (Å²) >= 11 is 0. The molecular formula is C15H27NO7. The highest BCUT2D eigenvalue weighted by molar-refractivity contribution is 5.76. The van der Waals surface area contributed by atoms with Crippen molar-refractivity contribution in [3.63, 3.8) is 0 Å². The molecule has 2 unspecified atom stereocenters. The van der Waals surface area contributed by atoms with E-state index in [2.05, 4.69) is 0 Å². The predicted octanol–water partition coefficient (Wildman–Crippen LogP) is -0.0923. The number of hydrogen-bond donors (Lipinski definition) is 2. The average Bonchev–Trinajstić information content (AvgIpc) is 2.87. The molecule has 0 aromatic heterocycles. The van der Waals surface area contributed by atoms with Crippen molar-refractivity contribution in [2.75, 3.05) is 7.11 Å². The number of aliphatic hydroxyl groups is 1. The number of aliphatic hydroxyl groups excluding tert-OH is 1. The summed E-state index contributed by atoms with van der Waals surface area (Å²) in [6.45, 7) is 8.70. The standard InChI is InChI=1S/C15H27NO7/c1-14(2,3)23-12(18)7(16)8(17)9-10-11(13(19-6)20-9)22-15(4,5)21-10/h7-11,13,17H,16H2,1-6H3/t7?,8?,9-,10-,11-,13-/m1/s1. The minimum Gasteiger partial charge on any atom is -0.459 e. The number of ether oxygens (including phenoxy) is 5. The highest BCUT2D eigenvalue weighted by Crippen LogP contribution is 2.40. The average molecular weight is 333 g/mol. The molecular weight excluding hydrogens is 306 g/mol. The van der Waals surface area contributed by atoms with Crippen LogP contribution in [-0.4, -0.2) is 66.3 Å². The lowest BCUT2D eigenvalue weighted by Crippen LogP contribution is -2.53. The van der Waals surface area contributed by atoms with E-state index in [0.717, 1.165) is 0 Å². The van der Waals surface area contributed by atoms with Crippen LogP contribution in [0.2, 0.25) is 0 Å². The summed E-state index contributed by atoms with van der Waals surface area (Å²) in [6, 6.07) is -1.26. The lowest BCUT2D eigenvalue weighted by molar-refractivity contribution is -0.238. The molecule has 3 N–H and O–H groups in total. The summed E-state index contributed by atoms with van der Waals surface area (Å²) in [7, 11) is 1.47. The Morgan fingerprint density at radius 3 is 2.35 bits per heavy atom. The number of esters is 1. The number of fused-ring (bicyclic) bond motifs is 1. The fourth-order valence-electron chi connectivity index (χ4n) is 2.77. The molecule has 0 radical (unpaired) electrons. The van der Waals surface area contributed by atoms with E-state index in [0.29, 0.717) is 0 Å². The van der Waals surface area contributed by atoms with Gasteiger partial charge in [0.25, 0.3) is 0 Å². The van der Waals surface area contributed by atoms with Crippen LogP contribution in [0, 0.1) is 0 Å². The first-order valence-electron chi connectivity index (χ1n) is 7.65. The van der Waals surface area contributed by atoms with Crippen LogP contribution in [0.5, 0.6) is 0 Å². The second-order valence-electron chi connectivity index (χ2n) is 7.32. The summed E-state index contributed by atoms with van der Waals surface area (Å²) in [5.41, 5.74) is 5.15. The third-order valence-corrected chi connectivity index (χ3v) is 3.66. The first-order chi connectivity index (χ1) is 10.4. The van der Waals surface area contributed by atoms with Crippen molar-refractivity contribution in [2.45, 2.75) is 82.8 Å². The van der Waals surface area contributed by atoms with E-state index in [1.807, 2.05) is 0 Å². The van der Waals surface area contributed by atoms with Crippen LogP contribution in [0.3, 0.4) is 0 Å². The lowest BCUT2D eigenvalue weighted by Gasteiger charge is -2.29. The topological polar surface area (TPSA) is 109 Å². The Bertz CT molecular complexity index is 448. The zero-order chi connectivity index (χ0) is 17.6. The van der Waals surface area contributed by atoms with Gasteiger partial charge in [0.05, 0.1) is 0 Å². The minimum absolute atomic E-state index is 0.500. The van der Waals surface area contributed by atoms with E-state index >= 15 is 0 Å². The van der Waals surface area contributed by atoms with Gasteiger partial charge in [0.1, 0.15) is 36.1 Å². The van der Waals surface area contributed by atoms with Crippen molar-refractivity contribution in [3.05, 3.63) is 0 Å². The second kappa shape index (κ2) is 6.27. The molecule has 134 valence electrons. The van der Waals surface area contributed by atoms with Gasteiger partial charge < -0.3 is 34.5 Å². The quantitative estimate of drug-likeness (QED) is 0.687. The van der Waals surface area contributed by atoms with Crippen molar-refractivity contribution >= 4 is 5.97 Å². The van der Waals surface area contributed by atoms with Crippen LogP contribution < -0.4 is 5.73 Å². The summed E-state index contributed by atoms with van der Waals surface area (Å²) in [6.07, 6.45) is -3.95. The summed E-state index contributed by atoms with van der Waals surface area (Å²) < 4.78 is 27.6. The molecule has 0 amide bonds. The zero-order valence-electron chi connectivity index (χ0n) is 14.4. The van der Waals surface area contributed by atoms with Gasteiger partial charge in [0, 0.05) is 7.11 Å². The van der Waals surface area contributed by atoms with E-state index in [-0.39, 0.29) is 0 Å². The van der Waals surface area contributed by atoms with Crippen LogP contribution in [0.25, 0.3) is 0 Å². The maximum absolute atomic E-state index is 12.1. The highest BCUT2D eigenvalue weighted by Gasteiger charge is 2.58. The van der Waals surface area contributed by atoms with E-state index < -0.39 is 54.1 Å². The van der Waals surface area contributed by atoms with Gasteiger partial charge in [0.15, 0.2) is 12.1 Å². The molecule has 2 aliphatic rings. The molecule has 0 bridgehead atoms. The van der Waals surface area contributed by atoms with Crippen LogP contribution in [0.4, 0.5) is 0 Å². The monoisotopic (exact) mass is 333 g/mol. The summed E-state index contributed by atoms with van der Waals surface area (Å²) in [4.78, 5) is 12.1. The molecule has 0 spiro atoms. The van der Waals surface area contributed by atoms with Crippen LogP contribution in [0.15, 0.2) is 0 Å². The zero-order valence-corrected chi connectivity index (χ0v) is 14.4. The number of carbonyl (C=O) groups excluding carboxylic acids is 1. The predicted molar refractivity (Wildman–Crippen MR) is 79.3 cm³/mol. The third-order valence-electron chi connectivity index (χ3n) is 3.66. The summed E-state index contributed by atoms with van der Waals surface area (Å²) in [5.74, 6) is -1.53. The van der Waals surface area contributed by atoms with Gasteiger partial charge in [-0.15, -0.1) is 0 Å². The largest absolute Gasteiger partial charge is 0.459 e. The molecule has 0 saturated carbocycles. The minimum atomic E-state index is -1.31. The van der Waals surface area contributed by atoms with Crippen molar-refractivity contribution in [1.29, 1.82) is 0 Å². The molecule has 2 heterocycles. The van der Waals surface area contributed by atoms with Crippen molar-refractivity contribution in [3.8, 4) is 0 Å². The van der Waals surface area contributed by atoms with E-state index in [1.54, 1.807) is 34.6 Å². The van der Waals surface area contributed by atoms with Gasteiger partial charge in [-0.25, -0.2) is 0 Å².